The zero-order valence-corrected chi connectivity index (χ0v) is 16.1. The summed E-state index contributed by atoms with van der Waals surface area (Å²) in [6.07, 6.45) is 3.16. The standard InChI is InChI=1S/C22H30N2O/c1-6-15(4)22(25)24-21(17-10-8-7-9-11-17)19-16(5)12-13-18(14(2)3)20(19)23-24/h7-11,14-16,18H,6,12-13H2,1-5H3/t15?,16-,18+/m1/s1. The van der Waals surface area contributed by atoms with Gasteiger partial charge in [-0.15, -0.1) is 0 Å². The molecule has 25 heavy (non-hydrogen) atoms. The number of carbonyl (C=O) groups excluding carboxylic acids is 1. The van der Waals surface area contributed by atoms with Crippen LogP contribution in [0.25, 0.3) is 11.3 Å². The first-order chi connectivity index (χ1) is 12.0. The number of aromatic nitrogens is 2. The van der Waals surface area contributed by atoms with Gasteiger partial charge in [0.2, 0.25) is 5.91 Å². The minimum absolute atomic E-state index is 0.0170. The molecule has 1 aromatic carbocycles. The Hall–Kier alpha value is -1.90. The summed E-state index contributed by atoms with van der Waals surface area (Å²) in [5, 5.41) is 4.92. The van der Waals surface area contributed by atoms with Crippen molar-refractivity contribution in [2.24, 2.45) is 11.8 Å². The lowest BCUT2D eigenvalue weighted by Crippen LogP contribution is -2.21. The normalized spacial score (nSPS) is 21.2. The Morgan fingerprint density at radius 3 is 2.48 bits per heavy atom. The molecule has 0 spiro atoms. The third kappa shape index (κ3) is 3.17. The zero-order valence-electron chi connectivity index (χ0n) is 16.1. The van der Waals surface area contributed by atoms with E-state index in [1.165, 1.54) is 12.0 Å². The number of hydrogen-bond donors (Lipinski definition) is 0. The van der Waals surface area contributed by atoms with Crippen LogP contribution in [0.1, 0.15) is 81.8 Å². The molecule has 1 aromatic heterocycles. The summed E-state index contributed by atoms with van der Waals surface area (Å²) in [5.41, 5.74) is 4.58. The largest absolute Gasteiger partial charge is 0.272 e. The van der Waals surface area contributed by atoms with E-state index in [0.29, 0.717) is 17.8 Å². The summed E-state index contributed by atoms with van der Waals surface area (Å²) >= 11 is 0. The summed E-state index contributed by atoms with van der Waals surface area (Å²) in [7, 11) is 0. The lowest BCUT2D eigenvalue weighted by Gasteiger charge is -2.28. The maximum absolute atomic E-state index is 13.1. The van der Waals surface area contributed by atoms with E-state index in [1.54, 1.807) is 4.68 Å². The first kappa shape index (κ1) is 17.9. The highest BCUT2D eigenvalue weighted by Crippen LogP contribution is 2.46. The second-order valence-corrected chi connectivity index (χ2v) is 7.90. The van der Waals surface area contributed by atoms with Crippen molar-refractivity contribution in [3.63, 3.8) is 0 Å². The van der Waals surface area contributed by atoms with Crippen LogP contribution in [0.5, 0.6) is 0 Å². The minimum Gasteiger partial charge on any atom is -0.272 e. The third-order valence-electron chi connectivity index (χ3n) is 5.80. The maximum Gasteiger partial charge on any atom is 0.250 e. The van der Waals surface area contributed by atoms with Crippen molar-refractivity contribution >= 4 is 5.91 Å². The second kappa shape index (κ2) is 7.15. The highest BCUT2D eigenvalue weighted by Gasteiger charge is 2.35. The third-order valence-corrected chi connectivity index (χ3v) is 5.80. The molecule has 1 unspecified atom stereocenters. The molecule has 3 nitrogen and oxygen atoms in total. The fourth-order valence-electron chi connectivity index (χ4n) is 3.98. The van der Waals surface area contributed by atoms with Crippen LogP contribution in [-0.4, -0.2) is 15.7 Å². The van der Waals surface area contributed by atoms with Crippen molar-refractivity contribution < 1.29 is 4.79 Å². The van der Waals surface area contributed by atoms with E-state index >= 15 is 0 Å². The number of carbonyl (C=O) groups is 1. The summed E-state index contributed by atoms with van der Waals surface area (Å²) in [4.78, 5) is 13.1. The highest BCUT2D eigenvalue weighted by atomic mass is 16.2. The molecule has 0 amide bonds. The smallest absolute Gasteiger partial charge is 0.250 e. The Morgan fingerprint density at radius 1 is 1.20 bits per heavy atom. The van der Waals surface area contributed by atoms with Crippen molar-refractivity contribution in [2.75, 3.05) is 0 Å². The summed E-state index contributed by atoms with van der Waals surface area (Å²) in [6, 6.07) is 10.3. The van der Waals surface area contributed by atoms with E-state index in [0.717, 1.165) is 29.8 Å². The molecule has 0 saturated heterocycles. The van der Waals surface area contributed by atoms with Gasteiger partial charge in [-0.25, -0.2) is 0 Å². The number of nitrogens with zero attached hydrogens (tertiary/aromatic N) is 2. The fourth-order valence-corrected chi connectivity index (χ4v) is 3.98. The van der Waals surface area contributed by atoms with Gasteiger partial charge in [-0.05, 0) is 31.1 Å². The van der Waals surface area contributed by atoms with Crippen LogP contribution >= 0.6 is 0 Å². The Balaban J connectivity index is 2.25. The van der Waals surface area contributed by atoms with E-state index in [1.807, 2.05) is 25.1 Å². The predicted molar refractivity (Wildman–Crippen MR) is 103 cm³/mol. The molecular weight excluding hydrogens is 308 g/mol. The molecule has 0 bridgehead atoms. The molecule has 134 valence electrons. The van der Waals surface area contributed by atoms with Crippen molar-refractivity contribution in [1.29, 1.82) is 0 Å². The van der Waals surface area contributed by atoms with E-state index < -0.39 is 0 Å². The molecule has 0 radical (unpaired) electrons. The quantitative estimate of drug-likeness (QED) is 0.698. The van der Waals surface area contributed by atoms with Gasteiger partial charge in [0, 0.05) is 23.0 Å². The van der Waals surface area contributed by atoms with Crippen molar-refractivity contribution in [2.45, 2.75) is 65.7 Å². The molecule has 2 aromatic rings. The minimum atomic E-state index is -0.0170. The van der Waals surface area contributed by atoms with Crippen LogP contribution < -0.4 is 0 Å². The van der Waals surface area contributed by atoms with Gasteiger partial charge < -0.3 is 0 Å². The van der Waals surface area contributed by atoms with E-state index in [9.17, 15) is 4.79 Å². The van der Waals surface area contributed by atoms with Gasteiger partial charge in [0.1, 0.15) is 0 Å². The van der Waals surface area contributed by atoms with Crippen LogP contribution in [0.15, 0.2) is 30.3 Å². The molecule has 0 N–H and O–H groups in total. The van der Waals surface area contributed by atoms with Crippen molar-refractivity contribution in [1.82, 2.24) is 9.78 Å². The van der Waals surface area contributed by atoms with E-state index in [2.05, 4.69) is 39.8 Å². The van der Waals surface area contributed by atoms with E-state index in [4.69, 9.17) is 5.10 Å². The summed E-state index contributed by atoms with van der Waals surface area (Å²) in [6.45, 7) is 10.9. The lowest BCUT2D eigenvalue weighted by atomic mass is 9.75. The maximum atomic E-state index is 13.1. The Bertz CT molecular complexity index is 745. The van der Waals surface area contributed by atoms with Crippen LogP contribution in [-0.2, 0) is 0 Å². The van der Waals surface area contributed by atoms with Gasteiger partial charge in [-0.3, -0.25) is 4.79 Å². The van der Waals surface area contributed by atoms with Crippen LogP contribution in [0.3, 0.4) is 0 Å². The number of benzene rings is 1. The highest BCUT2D eigenvalue weighted by molar-refractivity contribution is 5.86. The van der Waals surface area contributed by atoms with Crippen LogP contribution in [0.4, 0.5) is 0 Å². The van der Waals surface area contributed by atoms with Crippen molar-refractivity contribution in [3.8, 4) is 11.3 Å². The molecule has 3 rings (SSSR count). The summed E-state index contributed by atoms with van der Waals surface area (Å²) in [5.74, 6) is 1.53. The summed E-state index contributed by atoms with van der Waals surface area (Å²) < 4.78 is 1.73. The molecule has 0 saturated carbocycles. The molecule has 0 fully saturated rings. The van der Waals surface area contributed by atoms with Crippen LogP contribution in [0.2, 0.25) is 0 Å². The molecule has 1 heterocycles. The Kier molecular flexibility index (Phi) is 5.12. The van der Waals surface area contributed by atoms with Gasteiger partial charge in [0.25, 0.3) is 0 Å². The number of fused-ring (bicyclic) bond motifs is 1. The van der Waals surface area contributed by atoms with Crippen LogP contribution in [0, 0.1) is 11.8 Å². The first-order valence-electron chi connectivity index (χ1n) is 9.68. The topological polar surface area (TPSA) is 34.9 Å². The monoisotopic (exact) mass is 338 g/mol. The Morgan fingerprint density at radius 2 is 1.88 bits per heavy atom. The Labute approximate surface area is 151 Å². The van der Waals surface area contributed by atoms with Gasteiger partial charge >= 0.3 is 0 Å². The van der Waals surface area contributed by atoms with E-state index in [-0.39, 0.29) is 11.8 Å². The predicted octanol–water partition coefficient (Wildman–Crippen LogP) is 5.87. The molecule has 3 atom stereocenters. The fraction of sp³-hybridized carbons (Fsp3) is 0.545. The molecule has 1 aliphatic rings. The number of hydrogen-bond acceptors (Lipinski definition) is 2. The van der Waals surface area contributed by atoms with Gasteiger partial charge in [-0.2, -0.15) is 9.78 Å². The number of rotatable bonds is 4. The lowest BCUT2D eigenvalue weighted by molar-refractivity contribution is 0.0826. The first-order valence-corrected chi connectivity index (χ1v) is 9.68. The van der Waals surface area contributed by atoms with Gasteiger partial charge in [-0.1, -0.05) is 65.0 Å². The van der Waals surface area contributed by atoms with Gasteiger partial charge in [0.15, 0.2) is 0 Å². The molecule has 0 aliphatic heterocycles. The molecular formula is C22H30N2O. The van der Waals surface area contributed by atoms with Crippen molar-refractivity contribution in [3.05, 3.63) is 41.6 Å². The SMILES string of the molecule is CCC(C)C(=O)n1nc2c(c1-c1ccccc1)[C@H](C)CC[C@H]2C(C)C. The molecule has 3 heteroatoms. The average molecular weight is 338 g/mol. The van der Waals surface area contributed by atoms with Gasteiger partial charge in [0.05, 0.1) is 11.4 Å². The average Bonchev–Trinajstić information content (AvgIpc) is 3.02. The second-order valence-electron chi connectivity index (χ2n) is 7.90. The zero-order chi connectivity index (χ0) is 18.1. The molecule has 1 aliphatic carbocycles.